The van der Waals surface area contributed by atoms with Crippen molar-refractivity contribution in [3.05, 3.63) is 36.4 Å². The third kappa shape index (κ3) is 7.15. The van der Waals surface area contributed by atoms with Crippen molar-refractivity contribution in [3.63, 3.8) is 0 Å². The highest BCUT2D eigenvalue weighted by atomic mass is 19.4. The van der Waals surface area contributed by atoms with Crippen molar-refractivity contribution < 1.29 is 32.5 Å². The zero-order valence-electron chi connectivity index (χ0n) is 14.2. The van der Waals surface area contributed by atoms with Crippen LogP contribution < -0.4 is 19.9 Å². The molecule has 2 rings (SSSR count). The molecule has 1 aromatic carbocycles. The maximum absolute atomic E-state index is 12.1. The van der Waals surface area contributed by atoms with E-state index in [1.54, 1.807) is 0 Å². The molecule has 1 aromatic rings. The monoisotopic (exact) mass is 359 g/mol. The van der Waals surface area contributed by atoms with Gasteiger partial charge < -0.3 is 19.9 Å². The zero-order valence-corrected chi connectivity index (χ0v) is 14.2. The molecule has 1 amide bonds. The lowest BCUT2D eigenvalue weighted by Crippen LogP contribution is -3.28. The van der Waals surface area contributed by atoms with Crippen LogP contribution in [0.3, 0.4) is 0 Å². The van der Waals surface area contributed by atoms with E-state index in [1.165, 1.54) is 34.1 Å². The van der Waals surface area contributed by atoms with Crippen LogP contribution in [0.4, 0.5) is 18.9 Å². The Morgan fingerprint density at radius 1 is 1.12 bits per heavy atom. The lowest BCUT2D eigenvalue weighted by molar-refractivity contribution is -1.01. The number of nitrogens with one attached hydrogen (secondary N) is 3. The number of carbonyl (C=O) groups is 1. The van der Waals surface area contributed by atoms with Gasteiger partial charge in [0.2, 0.25) is 0 Å². The standard InChI is InChI=1S/C17H22F3N3O2/c1-13(2)11-22-7-9-23(10-8-22)12-16(24)21-14-3-5-15(6-4-14)25-17(18,19)20/h3-6H,1,7-12H2,2H3,(H,21,24)/p+2. The van der Waals surface area contributed by atoms with E-state index < -0.39 is 6.36 Å². The van der Waals surface area contributed by atoms with Gasteiger partial charge >= 0.3 is 6.36 Å². The van der Waals surface area contributed by atoms with E-state index in [-0.39, 0.29) is 11.7 Å². The molecule has 1 aliphatic heterocycles. The summed E-state index contributed by atoms with van der Waals surface area (Å²) < 4.78 is 40.1. The molecule has 0 radical (unpaired) electrons. The number of ether oxygens (including phenoxy) is 1. The molecule has 25 heavy (non-hydrogen) atoms. The summed E-state index contributed by atoms with van der Waals surface area (Å²) in [6, 6.07) is 5.14. The molecule has 1 aliphatic rings. The highest BCUT2D eigenvalue weighted by Gasteiger charge is 2.31. The average molecular weight is 359 g/mol. The first-order chi connectivity index (χ1) is 11.7. The molecular formula is C17H24F3N3O2+2. The number of hydrogen-bond donors (Lipinski definition) is 3. The molecule has 0 bridgehead atoms. The van der Waals surface area contributed by atoms with Gasteiger partial charge in [0.25, 0.3) is 5.91 Å². The molecule has 0 unspecified atom stereocenters. The molecule has 3 N–H and O–H groups in total. The minimum Gasteiger partial charge on any atom is -0.406 e. The molecule has 1 saturated heterocycles. The minimum absolute atomic E-state index is 0.150. The fourth-order valence-electron chi connectivity index (χ4n) is 2.91. The van der Waals surface area contributed by atoms with Gasteiger partial charge in [0, 0.05) is 5.69 Å². The van der Waals surface area contributed by atoms with E-state index in [1.807, 2.05) is 6.92 Å². The third-order valence-corrected chi connectivity index (χ3v) is 4.00. The summed E-state index contributed by atoms with van der Waals surface area (Å²) in [7, 11) is 0. The van der Waals surface area contributed by atoms with Crippen LogP contribution in [0, 0.1) is 0 Å². The summed E-state index contributed by atoms with van der Waals surface area (Å²) in [6.07, 6.45) is -4.72. The molecular weight excluding hydrogens is 335 g/mol. The highest BCUT2D eigenvalue weighted by Crippen LogP contribution is 2.23. The Kier molecular flexibility index (Phi) is 6.44. The summed E-state index contributed by atoms with van der Waals surface area (Å²) in [6.45, 7) is 11.1. The first-order valence-electron chi connectivity index (χ1n) is 8.18. The molecule has 0 spiro atoms. The predicted octanol–water partition coefficient (Wildman–Crippen LogP) is -0.117. The van der Waals surface area contributed by atoms with E-state index in [0.29, 0.717) is 12.2 Å². The minimum atomic E-state index is -4.72. The van der Waals surface area contributed by atoms with Crippen molar-refractivity contribution in [2.75, 3.05) is 44.6 Å². The number of quaternary nitrogens is 2. The van der Waals surface area contributed by atoms with Gasteiger partial charge in [-0.2, -0.15) is 0 Å². The van der Waals surface area contributed by atoms with Crippen LogP contribution in [0.5, 0.6) is 5.75 Å². The number of piperazine rings is 1. The molecule has 1 fully saturated rings. The van der Waals surface area contributed by atoms with Crippen LogP contribution in [0.2, 0.25) is 0 Å². The summed E-state index contributed by atoms with van der Waals surface area (Å²) in [5.41, 5.74) is 1.61. The Bertz CT molecular complexity index is 594. The first-order valence-corrected chi connectivity index (χ1v) is 8.18. The maximum atomic E-state index is 12.1. The van der Waals surface area contributed by atoms with Crippen molar-refractivity contribution in [3.8, 4) is 5.75 Å². The Labute approximate surface area is 145 Å². The van der Waals surface area contributed by atoms with E-state index in [9.17, 15) is 18.0 Å². The summed E-state index contributed by atoms with van der Waals surface area (Å²) in [5.74, 6) is -0.462. The van der Waals surface area contributed by atoms with Crippen LogP contribution >= 0.6 is 0 Å². The lowest BCUT2D eigenvalue weighted by Gasteiger charge is -2.29. The molecule has 0 saturated carbocycles. The maximum Gasteiger partial charge on any atom is 0.573 e. The largest absolute Gasteiger partial charge is 0.573 e. The number of anilines is 1. The van der Waals surface area contributed by atoms with E-state index in [0.717, 1.165) is 38.3 Å². The quantitative estimate of drug-likeness (QED) is 0.621. The molecule has 138 valence electrons. The molecule has 0 aromatic heterocycles. The van der Waals surface area contributed by atoms with Gasteiger partial charge in [0.1, 0.15) is 31.9 Å². The van der Waals surface area contributed by atoms with Crippen molar-refractivity contribution in [1.29, 1.82) is 0 Å². The Morgan fingerprint density at radius 2 is 1.64 bits per heavy atom. The predicted molar refractivity (Wildman–Crippen MR) is 87.7 cm³/mol. The number of rotatable bonds is 6. The van der Waals surface area contributed by atoms with Crippen molar-refractivity contribution in [2.24, 2.45) is 0 Å². The molecule has 8 heteroatoms. The first kappa shape index (κ1) is 19.3. The fourth-order valence-corrected chi connectivity index (χ4v) is 2.91. The van der Waals surface area contributed by atoms with Gasteiger partial charge in [0.05, 0.1) is 6.54 Å². The second kappa shape index (κ2) is 8.35. The van der Waals surface area contributed by atoms with Crippen LogP contribution in [0.1, 0.15) is 6.92 Å². The second-order valence-electron chi connectivity index (χ2n) is 6.43. The fraction of sp³-hybridized carbons (Fsp3) is 0.471. The highest BCUT2D eigenvalue weighted by molar-refractivity contribution is 5.91. The zero-order chi connectivity index (χ0) is 18.4. The van der Waals surface area contributed by atoms with Gasteiger partial charge in [-0.3, -0.25) is 4.79 Å². The van der Waals surface area contributed by atoms with Crippen molar-refractivity contribution >= 4 is 11.6 Å². The van der Waals surface area contributed by atoms with Gasteiger partial charge in [-0.1, -0.05) is 6.58 Å². The molecule has 1 heterocycles. The second-order valence-corrected chi connectivity index (χ2v) is 6.43. The molecule has 5 nitrogen and oxygen atoms in total. The Morgan fingerprint density at radius 3 is 2.12 bits per heavy atom. The normalized spacial score (nSPS) is 20.8. The smallest absolute Gasteiger partial charge is 0.406 e. The topological polar surface area (TPSA) is 47.2 Å². The number of amides is 1. The van der Waals surface area contributed by atoms with Gasteiger partial charge in [-0.25, -0.2) is 0 Å². The van der Waals surface area contributed by atoms with Crippen LogP contribution in [0.25, 0.3) is 0 Å². The lowest BCUT2D eigenvalue weighted by atomic mass is 10.2. The van der Waals surface area contributed by atoms with Gasteiger partial charge in [-0.15, -0.1) is 13.2 Å². The van der Waals surface area contributed by atoms with E-state index in [2.05, 4.69) is 16.6 Å². The Balaban J connectivity index is 1.76. The number of benzene rings is 1. The third-order valence-electron chi connectivity index (χ3n) is 4.00. The Hall–Kier alpha value is -2.06. The summed E-state index contributed by atoms with van der Waals surface area (Å²) in [5, 5.41) is 2.71. The number of hydrogen-bond acceptors (Lipinski definition) is 2. The van der Waals surface area contributed by atoms with Crippen molar-refractivity contribution in [1.82, 2.24) is 0 Å². The van der Waals surface area contributed by atoms with Crippen LogP contribution in [-0.2, 0) is 4.79 Å². The number of carbonyl (C=O) groups excluding carboxylic acids is 1. The summed E-state index contributed by atoms with van der Waals surface area (Å²) >= 11 is 0. The molecule has 0 atom stereocenters. The number of halogens is 3. The number of alkyl halides is 3. The SMILES string of the molecule is C=C(C)C[NH+]1CC[NH+](CC(=O)Nc2ccc(OC(F)(F)F)cc2)CC1. The van der Waals surface area contributed by atoms with Gasteiger partial charge in [-0.05, 0) is 36.8 Å². The average Bonchev–Trinajstić information content (AvgIpc) is 2.49. The van der Waals surface area contributed by atoms with Crippen LogP contribution in [0.15, 0.2) is 36.4 Å². The molecule has 0 aliphatic carbocycles. The van der Waals surface area contributed by atoms with E-state index >= 15 is 0 Å². The van der Waals surface area contributed by atoms with Crippen molar-refractivity contribution in [2.45, 2.75) is 13.3 Å². The van der Waals surface area contributed by atoms with Crippen LogP contribution in [-0.4, -0.2) is 51.5 Å². The summed E-state index contributed by atoms with van der Waals surface area (Å²) in [4.78, 5) is 14.8. The van der Waals surface area contributed by atoms with E-state index in [4.69, 9.17) is 0 Å². The van der Waals surface area contributed by atoms with Gasteiger partial charge in [0.15, 0.2) is 6.54 Å².